The Balaban J connectivity index is 1.53. The van der Waals surface area contributed by atoms with Crippen molar-refractivity contribution in [1.29, 1.82) is 0 Å². The molecule has 0 spiro atoms. The van der Waals surface area contributed by atoms with E-state index in [1.54, 1.807) is 12.1 Å². The predicted octanol–water partition coefficient (Wildman–Crippen LogP) is 0.441. The molecule has 2 aliphatic heterocycles. The summed E-state index contributed by atoms with van der Waals surface area (Å²) in [6.45, 7) is 2.80. The second-order valence-electron chi connectivity index (χ2n) is 5.50. The lowest BCUT2D eigenvalue weighted by Crippen LogP contribution is -2.46. The first kappa shape index (κ1) is 13.9. The molecule has 108 valence electrons. The van der Waals surface area contributed by atoms with E-state index in [9.17, 15) is 0 Å². The van der Waals surface area contributed by atoms with Crippen molar-refractivity contribution < 1.29 is 19.4 Å². The Labute approximate surface area is 119 Å². The van der Waals surface area contributed by atoms with Crippen LogP contribution in [0.5, 0.6) is 5.75 Å². The van der Waals surface area contributed by atoms with Gasteiger partial charge in [-0.1, -0.05) is 12.1 Å². The van der Waals surface area contributed by atoms with Crippen molar-refractivity contribution in [1.82, 2.24) is 4.90 Å². The molecule has 6 heteroatoms. The highest BCUT2D eigenvalue weighted by atomic mass is 16.6. The van der Waals surface area contributed by atoms with Crippen LogP contribution in [0.25, 0.3) is 0 Å². The lowest BCUT2D eigenvalue weighted by molar-refractivity contribution is -0.0137. The minimum absolute atomic E-state index is 0.468. The first-order valence-corrected chi connectivity index (χ1v) is 7.17. The third-order valence-electron chi connectivity index (χ3n) is 4.22. The third-order valence-corrected chi connectivity index (χ3v) is 4.22. The SMILES string of the molecule is OB(O)Oc1ccc(CCN2C3CCC2COC3)cc1. The summed E-state index contributed by atoms with van der Waals surface area (Å²) in [6.07, 6.45) is 3.51. The molecule has 1 aromatic rings. The molecular formula is C14H20BNO4. The van der Waals surface area contributed by atoms with E-state index in [0.717, 1.165) is 26.2 Å². The number of fused-ring (bicyclic) bond motifs is 2. The molecule has 0 radical (unpaired) electrons. The molecule has 2 fully saturated rings. The van der Waals surface area contributed by atoms with Crippen LogP contribution in [0.3, 0.4) is 0 Å². The smallest absolute Gasteiger partial charge is 0.512 e. The molecule has 2 atom stereocenters. The normalized spacial score (nSPS) is 25.7. The lowest BCUT2D eigenvalue weighted by Gasteiger charge is -2.34. The summed E-state index contributed by atoms with van der Waals surface area (Å²) in [7, 11) is -1.76. The van der Waals surface area contributed by atoms with Crippen LogP contribution in [0.1, 0.15) is 18.4 Å². The van der Waals surface area contributed by atoms with Gasteiger partial charge in [0.2, 0.25) is 0 Å². The molecule has 0 aliphatic carbocycles. The van der Waals surface area contributed by atoms with Gasteiger partial charge in [0.25, 0.3) is 0 Å². The molecule has 0 amide bonds. The minimum atomic E-state index is -1.76. The first-order valence-electron chi connectivity index (χ1n) is 7.17. The number of hydrogen-bond acceptors (Lipinski definition) is 5. The summed E-state index contributed by atoms with van der Waals surface area (Å²) < 4.78 is 10.4. The maximum absolute atomic E-state index is 8.73. The summed E-state index contributed by atoms with van der Waals surface area (Å²) in [5.74, 6) is 0.468. The van der Waals surface area contributed by atoms with Gasteiger partial charge in [0.15, 0.2) is 0 Å². The number of morpholine rings is 1. The summed E-state index contributed by atoms with van der Waals surface area (Å²) in [6, 6.07) is 8.67. The zero-order valence-corrected chi connectivity index (χ0v) is 11.4. The van der Waals surface area contributed by atoms with Gasteiger partial charge in [0.1, 0.15) is 5.75 Å². The average molecular weight is 277 g/mol. The monoisotopic (exact) mass is 277 g/mol. The highest BCUT2D eigenvalue weighted by Crippen LogP contribution is 2.28. The van der Waals surface area contributed by atoms with Crippen LogP contribution in [0.15, 0.2) is 24.3 Å². The van der Waals surface area contributed by atoms with E-state index in [2.05, 4.69) is 4.90 Å². The van der Waals surface area contributed by atoms with Gasteiger partial charge in [-0.3, -0.25) is 4.90 Å². The van der Waals surface area contributed by atoms with Gasteiger partial charge in [-0.05, 0) is 37.0 Å². The van der Waals surface area contributed by atoms with E-state index in [-0.39, 0.29) is 0 Å². The van der Waals surface area contributed by atoms with Crippen molar-refractivity contribution in [2.24, 2.45) is 0 Å². The molecule has 5 nitrogen and oxygen atoms in total. The maximum Gasteiger partial charge on any atom is 0.707 e. The molecule has 2 heterocycles. The first-order chi connectivity index (χ1) is 9.72. The van der Waals surface area contributed by atoms with Crippen molar-refractivity contribution in [2.75, 3.05) is 19.8 Å². The van der Waals surface area contributed by atoms with Crippen molar-refractivity contribution in [3.63, 3.8) is 0 Å². The average Bonchev–Trinajstić information content (AvgIpc) is 2.66. The molecule has 0 saturated carbocycles. The van der Waals surface area contributed by atoms with Crippen LogP contribution in [-0.4, -0.2) is 54.1 Å². The molecule has 2 aliphatic rings. The van der Waals surface area contributed by atoms with E-state index in [1.165, 1.54) is 18.4 Å². The quantitative estimate of drug-likeness (QED) is 0.765. The van der Waals surface area contributed by atoms with Crippen molar-refractivity contribution in [3.05, 3.63) is 29.8 Å². The van der Waals surface area contributed by atoms with E-state index < -0.39 is 7.32 Å². The second-order valence-corrected chi connectivity index (χ2v) is 5.50. The number of benzene rings is 1. The van der Waals surface area contributed by atoms with E-state index >= 15 is 0 Å². The van der Waals surface area contributed by atoms with E-state index in [4.69, 9.17) is 19.4 Å². The zero-order valence-electron chi connectivity index (χ0n) is 11.4. The molecule has 3 rings (SSSR count). The molecule has 0 aromatic heterocycles. The fourth-order valence-electron chi connectivity index (χ4n) is 3.19. The lowest BCUT2D eigenvalue weighted by atomic mass is 10.1. The number of rotatable bonds is 5. The highest BCUT2D eigenvalue weighted by molar-refractivity contribution is 6.33. The van der Waals surface area contributed by atoms with Crippen LogP contribution in [0.2, 0.25) is 0 Å². The Hall–Kier alpha value is -1.08. The number of ether oxygens (including phenoxy) is 1. The van der Waals surface area contributed by atoms with E-state index in [0.29, 0.717) is 17.8 Å². The van der Waals surface area contributed by atoms with Crippen LogP contribution < -0.4 is 4.65 Å². The second kappa shape index (κ2) is 6.14. The van der Waals surface area contributed by atoms with Gasteiger partial charge >= 0.3 is 7.32 Å². The van der Waals surface area contributed by atoms with Gasteiger partial charge in [-0.2, -0.15) is 0 Å². The molecule has 20 heavy (non-hydrogen) atoms. The Kier molecular flexibility index (Phi) is 4.26. The molecule has 2 bridgehead atoms. The van der Waals surface area contributed by atoms with Gasteiger partial charge in [-0.15, -0.1) is 0 Å². The fraction of sp³-hybridized carbons (Fsp3) is 0.571. The van der Waals surface area contributed by atoms with Crippen molar-refractivity contribution in [2.45, 2.75) is 31.3 Å². The Morgan fingerprint density at radius 2 is 1.80 bits per heavy atom. The number of nitrogens with zero attached hydrogens (tertiary/aromatic N) is 1. The number of hydrogen-bond donors (Lipinski definition) is 2. The predicted molar refractivity (Wildman–Crippen MR) is 75.3 cm³/mol. The molecule has 2 N–H and O–H groups in total. The van der Waals surface area contributed by atoms with Crippen LogP contribution in [0, 0.1) is 0 Å². The Bertz CT molecular complexity index is 423. The highest BCUT2D eigenvalue weighted by Gasteiger charge is 2.36. The largest absolute Gasteiger partial charge is 0.707 e. The van der Waals surface area contributed by atoms with Crippen LogP contribution in [0.4, 0.5) is 0 Å². The molecule has 2 saturated heterocycles. The molecule has 1 aromatic carbocycles. The zero-order chi connectivity index (χ0) is 13.9. The van der Waals surface area contributed by atoms with Crippen molar-refractivity contribution >= 4 is 7.32 Å². The molecular weight excluding hydrogens is 257 g/mol. The Morgan fingerprint density at radius 3 is 2.40 bits per heavy atom. The van der Waals surface area contributed by atoms with E-state index in [1.807, 2.05) is 12.1 Å². The van der Waals surface area contributed by atoms with Gasteiger partial charge < -0.3 is 19.4 Å². The summed E-state index contributed by atoms with van der Waals surface area (Å²) in [5, 5.41) is 17.5. The summed E-state index contributed by atoms with van der Waals surface area (Å²) in [4.78, 5) is 2.57. The van der Waals surface area contributed by atoms with Crippen LogP contribution in [-0.2, 0) is 11.2 Å². The minimum Gasteiger partial charge on any atom is -0.512 e. The Morgan fingerprint density at radius 1 is 1.15 bits per heavy atom. The standard InChI is InChI=1S/C14H20BNO4/c17-15(18)20-14-5-1-11(2-6-14)7-8-16-12-3-4-13(16)10-19-9-12/h1-2,5-6,12-13,17-18H,3-4,7-10H2. The summed E-state index contributed by atoms with van der Waals surface area (Å²) in [5.41, 5.74) is 1.23. The maximum atomic E-state index is 8.73. The van der Waals surface area contributed by atoms with Gasteiger partial charge in [0, 0.05) is 18.6 Å². The van der Waals surface area contributed by atoms with Gasteiger partial charge in [0.05, 0.1) is 13.2 Å². The van der Waals surface area contributed by atoms with Gasteiger partial charge in [-0.25, -0.2) is 0 Å². The van der Waals surface area contributed by atoms with Crippen molar-refractivity contribution in [3.8, 4) is 5.75 Å². The third kappa shape index (κ3) is 3.15. The summed E-state index contributed by atoms with van der Waals surface area (Å²) >= 11 is 0. The van der Waals surface area contributed by atoms with Crippen LogP contribution >= 0.6 is 0 Å². The fourth-order valence-corrected chi connectivity index (χ4v) is 3.19. The molecule has 2 unspecified atom stereocenters. The topological polar surface area (TPSA) is 62.2 Å².